The van der Waals surface area contributed by atoms with E-state index in [4.69, 9.17) is 0 Å². The molecule has 0 spiro atoms. The second-order valence-electron chi connectivity index (χ2n) is 10.3. The number of pyridine rings is 1. The van der Waals surface area contributed by atoms with E-state index in [1.54, 1.807) is 6.92 Å². The van der Waals surface area contributed by atoms with Gasteiger partial charge in [-0.05, 0) is 62.9 Å². The maximum atomic E-state index is 13.5. The van der Waals surface area contributed by atoms with E-state index in [9.17, 15) is 14.4 Å². The molecule has 0 bridgehead atoms. The number of benzene rings is 1. The Labute approximate surface area is 213 Å². The lowest BCUT2D eigenvalue weighted by atomic mass is 10.0. The van der Waals surface area contributed by atoms with Gasteiger partial charge in [-0.15, -0.1) is 0 Å². The van der Waals surface area contributed by atoms with Crippen LogP contribution in [0.5, 0.6) is 0 Å². The fourth-order valence-electron chi connectivity index (χ4n) is 5.60. The van der Waals surface area contributed by atoms with Crippen molar-refractivity contribution in [3.8, 4) is 0 Å². The Bertz CT molecular complexity index is 1190. The smallest absolute Gasteiger partial charge is 0.253 e. The average Bonchev–Trinajstić information content (AvgIpc) is 3.38. The van der Waals surface area contributed by atoms with Gasteiger partial charge in [-0.2, -0.15) is 0 Å². The van der Waals surface area contributed by atoms with Crippen molar-refractivity contribution in [2.75, 3.05) is 43.0 Å². The Hall–Kier alpha value is -3.29. The quantitative estimate of drug-likeness (QED) is 0.645. The highest BCUT2D eigenvalue weighted by molar-refractivity contribution is 5.98. The van der Waals surface area contributed by atoms with Crippen molar-refractivity contribution >= 4 is 23.2 Å². The summed E-state index contributed by atoms with van der Waals surface area (Å²) in [6.07, 6.45) is 4.79. The molecule has 2 aliphatic rings. The minimum absolute atomic E-state index is 0.0988. The molecule has 8 heteroatoms. The van der Waals surface area contributed by atoms with Gasteiger partial charge in [0.15, 0.2) is 0 Å². The molecule has 1 aliphatic carbocycles. The second kappa shape index (κ2) is 10.8. The lowest BCUT2D eigenvalue weighted by molar-refractivity contribution is -0.129. The van der Waals surface area contributed by atoms with Crippen LogP contribution in [-0.2, 0) is 11.3 Å². The molecule has 1 saturated carbocycles. The van der Waals surface area contributed by atoms with Crippen molar-refractivity contribution < 1.29 is 9.59 Å². The Morgan fingerprint density at radius 3 is 2.33 bits per heavy atom. The van der Waals surface area contributed by atoms with Gasteiger partial charge in [-0.3, -0.25) is 14.4 Å². The molecule has 194 valence electrons. The van der Waals surface area contributed by atoms with Gasteiger partial charge in [0.1, 0.15) is 0 Å². The van der Waals surface area contributed by atoms with Crippen molar-refractivity contribution in [1.82, 2.24) is 15.2 Å². The molecular formula is C28H39N5O3. The first kappa shape index (κ1) is 25.8. The van der Waals surface area contributed by atoms with E-state index in [-0.39, 0.29) is 23.9 Å². The summed E-state index contributed by atoms with van der Waals surface area (Å²) in [5.74, 6) is -0.0844. The molecule has 8 nitrogen and oxygen atoms in total. The van der Waals surface area contributed by atoms with E-state index in [1.165, 1.54) is 12.8 Å². The number of anilines is 2. The van der Waals surface area contributed by atoms with Crippen LogP contribution in [0.2, 0.25) is 0 Å². The van der Waals surface area contributed by atoms with Crippen LogP contribution in [0.3, 0.4) is 0 Å². The van der Waals surface area contributed by atoms with E-state index in [2.05, 4.69) is 33.2 Å². The number of rotatable bonds is 6. The molecule has 1 aliphatic heterocycles. The Kier molecular flexibility index (Phi) is 7.71. The fourth-order valence-corrected chi connectivity index (χ4v) is 5.60. The first-order chi connectivity index (χ1) is 17.2. The predicted octanol–water partition coefficient (Wildman–Crippen LogP) is 3.28. The molecule has 2 aromatic rings. The van der Waals surface area contributed by atoms with Crippen molar-refractivity contribution in [3.05, 3.63) is 56.5 Å². The highest BCUT2D eigenvalue weighted by Gasteiger charge is 2.26. The molecule has 0 unspecified atom stereocenters. The number of nitrogens with one attached hydrogen (secondary N) is 2. The standard InChI is InChI=1S/C28H39N5O3/c1-18-14-19(2)30-28(36)25(18)17-29-27(35)24-15-23(33-12-10-32(11-13-33)21(4)34)16-26(20(24)3)31(5)22-8-6-7-9-22/h14-16,22H,6-13,17H2,1-5H3,(H,29,35)(H,30,36). The summed E-state index contributed by atoms with van der Waals surface area (Å²) >= 11 is 0. The van der Waals surface area contributed by atoms with Gasteiger partial charge in [-0.25, -0.2) is 0 Å². The topological polar surface area (TPSA) is 88.7 Å². The molecule has 36 heavy (non-hydrogen) atoms. The number of carbonyl (C=O) groups is 2. The predicted molar refractivity (Wildman–Crippen MR) is 144 cm³/mol. The van der Waals surface area contributed by atoms with E-state index in [0.29, 0.717) is 30.3 Å². The van der Waals surface area contributed by atoms with Gasteiger partial charge < -0.3 is 25.0 Å². The average molecular weight is 494 g/mol. The van der Waals surface area contributed by atoms with Crippen LogP contribution in [0.15, 0.2) is 23.0 Å². The first-order valence-corrected chi connectivity index (χ1v) is 13.0. The second-order valence-corrected chi connectivity index (χ2v) is 10.3. The molecule has 1 aromatic carbocycles. The largest absolute Gasteiger partial charge is 0.371 e. The van der Waals surface area contributed by atoms with Gasteiger partial charge in [0.05, 0.1) is 0 Å². The summed E-state index contributed by atoms with van der Waals surface area (Å²) < 4.78 is 0. The number of hydrogen-bond donors (Lipinski definition) is 2. The zero-order valence-electron chi connectivity index (χ0n) is 22.2. The van der Waals surface area contributed by atoms with Crippen LogP contribution < -0.4 is 20.7 Å². The third kappa shape index (κ3) is 5.42. The maximum Gasteiger partial charge on any atom is 0.253 e. The summed E-state index contributed by atoms with van der Waals surface area (Å²) in [6.45, 7) is 10.4. The van der Waals surface area contributed by atoms with Crippen LogP contribution in [0.25, 0.3) is 0 Å². The number of H-pyrrole nitrogens is 1. The highest BCUT2D eigenvalue weighted by Crippen LogP contribution is 2.34. The molecule has 2 heterocycles. The molecule has 0 atom stereocenters. The first-order valence-electron chi connectivity index (χ1n) is 13.0. The third-order valence-corrected chi connectivity index (χ3v) is 7.87. The monoisotopic (exact) mass is 493 g/mol. The number of carbonyl (C=O) groups excluding carboxylic acids is 2. The Balaban J connectivity index is 1.63. The van der Waals surface area contributed by atoms with Gasteiger partial charge in [0, 0.05) is 80.9 Å². The Morgan fingerprint density at radius 2 is 1.72 bits per heavy atom. The van der Waals surface area contributed by atoms with Gasteiger partial charge >= 0.3 is 0 Å². The summed E-state index contributed by atoms with van der Waals surface area (Å²) in [4.78, 5) is 47.0. The molecule has 4 rings (SSSR count). The highest BCUT2D eigenvalue weighted by atomic mass is 16.2. The van der Waals surface area contributed by atoms with Crippen LogP contribution >= 0.6 is 0 Å². The summed E-state index contributed by atoms with van der Waals surface area (Å²) in [7, 11) is 2.13. The normalized spacial score (nSPS) is 16.4. The number of aromatic amines is 1. The molecule has 1 saturated heterocycles. The maximum absolute atomic E-state index is 13.5. The lowest BCUT2D eigenvalue weighted by Gasteiger charge is -2.37. The number of aryl methyl sites for hydroxylation is 2. The van der Waals surface area contributed by atoms with Gasteiger partial charge in [0.2, 0.25) is 5.91 Å². The van der Waals surface area contributed by atoms with Crippen molar-refractivity contribution in [2.45, 2.75) is 66.0 Å². The zero-order chi connectivity index (χ0) is 26.0. The molecular weight excluding hydrogens is 454 g/mol. The zero-order valence-corrected chi connectivity index (χ0v) is 22.2. The van der Waals surface area contributed by atoms with Gasteiger partial charge in [-0.1, -0.05) is 12.8 Å². The van der Waals surface area contributed by atoms with Crippen LogP contribution in [0.1, 0.15) is 65.3 Å². The molecule has 2 N–H and O–H groups in total. The van der Waals surface area contributed by atoms with E-state index in [0.717, 1.165) is 54.1 Å². The number of piperazine rings is 1. The molecule has 2 fully saturated rings. The van der Waals surface area contributed by atoms with E-state index in [1.807, 2.05) is 37.8 Å². The minimum atomic E-state index is -0.183. The summed E-state index contributed by atoms with van der Waals surface area (Å²) in [5, 5.41) is 3.00. The van der Waals surface area contributed by atoms with Crippen LogP contribution in [-0.4, -0.2) is 61.0 Å². The van der Waals surface area contributed by atoms with Crippen molar-refractivity contribution in [3.63, 3.8) is 0 Å². The van der Waals surface area contributed by atoms with E-state index < -0.39 is 0 Å². The Morgan fingerprint density at radius 1 is 1.06 bits per heavy atom. The van der Waals surface area contributed by atoms with Gasteiger partial charge in [0.25, 0.3) is 11.5 Å². The third-order valence-electron chi connectivity index (χ3n) is 7.87. The number of hydrogen-bond acceptors (Lipinski definition) is 5. The molecule has 1 aromatic heterocycles. The fraction of sp³-hybridized carbons (Fsp3) is 0.536. The molecule has 0 radical (unpaired) electrons. The summed E-state index contributed by atoms with van der Waals surface area (Å²) in [5.41, 5.74) is 5.73. The van der Waals surface area contributed by atoms with Crippen molar-refractivity contribution in [1.29, 1.82) is 0 Å². The lowest BCUT2D eigenvalue weighted by Crippen LogP contribution is -2.48. The number of nitrogens with zero attached hydrogens (tertiary/aromatic N) is 3. The number of aromatic nitrogens is 1. The SMILES string of the molecule is CC(=O)N1CCN(c2cc(C(=O)NCc3c(C)cc(C)[nH]c3=O)c(C)c(N(C)C3CCCC3)c2)CC1. The minimum Gasteiger partial charge on any atom is -0.371 e. The van der Waals surface area contributed by atoms with Crippen molar-refractivity contribution in [2.24, 2.45) is 0 Å². The van der Waals surface area contributed by atoms with Crippen LogP contribution in [0.4, 0.5) is 11.4 Å². The molecule has 2 amide bonds. The van der Waals surface area contributed by atoms with E-state index >= 15 is 0 Å². The summed E-state index contributed by atoms with van der Waals surface area (Å²) in [6, 6.07) is 6.55. The van der Waals surface area contributed by atoms with Crippen LogP contribution in [0, 0.1) is 20.8 Å². The number of amides is 2.